The molecule has 0 saturated heterocycles. The van der Waals surface area contributed by atoms with Crippen molar-refractivity contribution in [2.75, 3.05) is 6.54 Å². The van der Waals surface area contributed by atoms with Gasteiger partial charge in [-0.05, 0) is 23.3 Å². The van der Waals surface area contributed by atoms with Crippen LogP contribution < -0.4 is 5.32 Å². The zero-order valence-corrected chi connectivity index (χ0v) is 17.0. The van der Waals surface area contributed by atoms with Gasteiger partial charge in [0.15, 0.2) is 5.78 Å². The second-order valence-electron chi connectivity index (χ2n) is 7.86. The van der Waals surface area contributed by atoms with Crippen LogP contribution >= 0.6 is 11.6 Å². The molecule has 1 aromatic heterocycles. The summed E-state index contributed by atoms with van der Waals surface area (Å²) in [6, 6.07) is 14.9. The summed E-state index contributed by atoms with van der Waals surface area (Å²) in [7, 11) is 0. The SMILES string of the molecule is O=C1C[C@H](c2ccc(Cl)cc2)[C@@H](n2cncn2)C(O)=C1[C@@H]1[NH2+]CCc2ccccc21. The minimum atomic E-state index is -0.496. The number of rotatable bonds is 3. The van der Waals surface area contributed by atoms with Crippen LogP contribution in [0.4, 0.5) is 0 Å². The average molecular weight is 422 g/mol. The summed E-state index contributed by atoms with van der Waals surface area (Å²) in [5.74, 6) is -0.199. The van der Waals surface area contributed by atoms with E-state index in [1.54, 1.807) is 23.1 Å². The van der Waals surface area contributed by atoms with Gasteiger partial charge in [-0.2, -0.15) is 5.10 Å². The lowest BCUT2D eigenvalue weighted by molar-refractivity contribution is -0.690. The summed E-state index contributed by atoms with van der Waals surface area (Å²) >= 11 is 6.06. The molecule has 3 N–H and O–H groups in total. The van der Waals surface area contributed by atoms with Gasteiger partial charge < -0.3 is 10.4 Å². The Morgan fingerprint density at radius 3 is 2.70 bits per heavy atom. The molecule has 2 heterocycles. The lowest BCUT2D eigenvalue weighted by Crippen LogP contribution is -2.88. The van der Waals surface area contributed by atoms with Gasteiger partial charge in [0.2, 0.25) is 0 Å². The number of allylic oxidation sites excluding steroid dienone is 1. The number of fused-ring (bicyclic) bond motifs is 1. The van der Waals surface area contributed by atoms with Crippen molar-refractivity contribution < 1.29 is 15.2 Å². The van der Waals surface area contributed by atoms with E-state index >= 15 is 0 Å². The second-order valence-corrected chi connectivity index (χ2v) is 8.29. The van der Waals surface area contributed by atoms with Crippen LogP contribution in [0.25, 0.3) is 0 Å². The van der Waals surface area contributed by atoms with Crippen LogP contribution in [0.5, 0.6) is 0 Å². The molecule has 30 heavy (non-hydrogen) atoms. The van der Waals surface area contributed by atoms with Crippen molar-refractivity contribution in [3.05, 3.63) is 94.2 Å². The molecule has 152 valence electrons. The largest absolute Gasteiger partial charge is 0.509 e. The number of carbonyl (C=O) groups excluding carboxylic acids is 1. The van der Waals surface area contributed by atoms with E-state index in [1.165, 1.54) is 11.9 Å². The highest BCUT2D eigenvalue weighted by atomic mass is 35.5. The highest BCUT2D eigenvalue weighted by Crippen LogP contribution is 2.44. The number of aromatic nitrogens is 3. The molecule has 3 aromatic rings. The zero-order chi connectivity index (χ0) is 20.7. The van der Waals surface area contributed by atoms with E-state index in [0.717, 1.165) is 24.1 Å². The third-order valence-corrected chi connectivity index (χ3v) is 6.43. The molecule has 0 saturated carbocycles. The summed E-state index contributed by atoms with van der Waals surface area (Å²) < 4.78 is 1.65. The van der Waals surface area contributed by atoms with Crippen LogP contribution in [0.15, 0.2) is 72.5 Å². The van der Waals surface area contributed by atoms with Crippen molar-refractivity contribution in [1.82, 2.24) is 14.8 Å². The number of Topliss-reactive ketones (excluding diaryl/α,β-unsaturated/α-hetero) is 1. The Bertz CT molecular complexity index is 1110. The highest BCUT2D eigenvalue weighted by Gasteiger charge is 2.44. The maximum atomic E-state index is 13.4. The van der Waals surface area contributed by atoms with Gasteiger partial charge in [0.05, 0.1) is 12.1 Å². The van der Waals surface area contributed by atoms with Crippen molar-refractivity contribution in [3.63, 3.8) is 0 Å². The lowest BCUT2D eigenvalue weighted by atomic mass is 9.75. The van der Waals surface area contributed by atoms with Crippen LogP contribution in [0, 0.1) is 0 Å². The van der Waals surface area contributed by atoms with Gasteiger partial charge >= 0.3 is 0 Å². The van der Waals surface area contributed by atoms with Crippen LogP contribution in [0.2, 0.25) is 5.02 Å². The maximum absolute atomic E-state index is 13.4. The van der Waals surface area contributed by atoms with Crippen molar-refractivity contribution in [2.24, 2.45) is 0 Å². The molecule has 2 aliphatic rings. The van der Waals surface area contributed by atoms with Gasteiger partial charge in [0.25, 0.3) is 0 Å². The topological polar surface area (TPSA) is 84.6 Å². The summed E-state index contributed by atoms with van der Waals surface area (Å²) in [5, 5.41) is 18.5. The van der Waals surface area contributed by atoms with Crippen LogP contribution in [0.1, 0.15) is 41.1 Å². The Labute approximate surface area is 179 Å². The molecule has 7 heteroatoms. The van der Waals surface area contributed by atoms with E-state index in [1.807, 2.05) is 24.3 Å². The predicted octanol–water partition coefficient (Wildman–Crippen LogP) is 2.90. The number of nitrogens with two attached hydrogens (primary N) is 1. The van der Waals surface area contributed by atoms with Crippen molar-refractivity contribution >= 4 is 17.4 Å². The van der Waals surface area contributed by atoms with E-state index in [2.05, 4.69) is 27.5 Å². The van der Waals surface area contributed by atoms with E-state index in [4.69, 9.17) is 11.6 Å². The summed E-state index contributed by atoms with van der Waals surface area (Å²) in [5.41, 5.74) is 3.75. The Kier molecular flexibility index (Phi) is 4.89. The molecular weight excluding hydrogens is 400 g/mol. The molecule has 0 unspecified atom stereocenters. The van der Waals surface area contributed by atoms with E-state index in [-0.39, 0.29) is 29.9 Å². The third kappa shape index (κ3) is 3.22. The Balaban J connectivity index is 1.64. The van der Waals surface area contributed by atoms with E-state index < -0.39 is 6.04 Å². The fourth-order valence-corrected chi connectivity index (χ4v) is 4.92. The minimum Gasteiger partial charge on any atom is -0.509 e. The quantitative estimate of drug-likeness (QED) is 0.681. The maximum Gasteiger partial charge on any atom is 0.169 e. The van der Waals surface area contributed by atoms with E-state index in [9.17, 15) is 9.90 Å². The second kappa shape index (κ2) is 7.70. The van der Waals surface area contributed by atoms with Gasteiger partial charge in [-0.1, -0.05) is 48.0 Å². The van der Waals surface area contributed by atoms with Crippen LogP contribution in [0.3, 0.4) is 0 Å². The number of aliphatic hydroxyl groups excluding tert-OH is 1. The van der Waals surface area contributed by atoms with Gasteiger partial charge in [0, 0.05) is 29.3 Å². The zero-order valence-electron chi connectivity index (χ0n) is 16.3. The van der Waals surface area contributed by atoms with Gasteiger partial charge in [0.1, 0.15) is 30.5 Å². The number of ketones is 1. The van der Waals surface area contributed by atoms with Gasteiger partial charge in [-0.15, -0.1) is 0 Å². The molecule has 0 fully saturated rings. The predicted molar refractivity (Wildman–Crippen MR) is 112 cm³/mol. The van der Waals surface area contributed by atoms with Crippen LogP contribution in [-0.4, -0.2) is 32.2 Å². The highest BCUT2D eigenvalue weighted by molar-refractivity contribution is 6.30. The molecular formula is C23H22ClN4O2+. The van der Waals surface area contributed by atoms with Crippen molar-refractivity contribution in [1.29, 1.82) is 0 Å². The number of halogens is 1. The number of carbonyl (C=O) groups is 1. The molecule has 0 amide bonds. The molecule has 1 aliphatic carbocycles. The Morgan fingerprint density at radius 1 is 1.13 bits per heavy atom. The molecule has 3 atom stereocenters. The summed E-state index contributed by atoms with van der Waals surface area (Å²) in [6.07, 6.45) is 4.28. The molecule has 2 aromatic carbocycles. The first-order valence-electron chi connectivity index (χ1n) is 10.1. The molecule has 1 aliphatic heterocycles. The average Bonchev–Trinajstić information content (AvgIpc) is 3.28. The third-order valence-electron chi connectivity index (χ3n) is 6.18. The Hall–Kier alpha value is -2.96. The molecule has 6 nitrogen and oxygen atoms in total. The molecule has 5 rings (SSSR count). The fourth-order valence-electron chi connectivity index (χ4n) is 4.80. The Morgan fingerprint density at radius 2 is 1.93 bits per heavy atom. The molecule has 0 radical (unpaired) electrons. The first-order valence-corrected chi connectivity index (χ1v) is 10.5. The number of benzene rings is 2. The normalized spacial score (nSPS) is 24.0. The van der Waals surface area contributed by atoms with Crippen molar-refractivity contribution in [2.45, 2.75) is 30.8 Å². The fraction of sp³-hybridized carbons (Fsp3) is 0.261. The van der Waals surface area contributed by atoms with Gasteiger partial charge in [-0.3, -0.25) is 4.79 Å². The minimum absolute atomic E-state index is 0.0261. The lowest BCUT2D eigenvalue weighted by Gasteiger charge is -2.35. The van der Waals surface area contributed by atoms with Crippen molar-refractivity contribution in [3.8, 4) is 0 Å². The van der Waals surface area contributed by atoms with Crippen LogP contribution in [-0.2, 0) is 11.2 Å². The summed E-state index contributed by atoms with van der Waals surface area (Å²) in [6.45, 7) is 0.875. The van der Waals surface area contributed by atoms with Gasteiger partial charge in [-0.25, -0.2) is 9.67 Å². The summed E-state index contributed by atoms with van der Waals surface area (Å²) in [4.78, 5) is 17.4. The number of hydrogen-bond donors (Lipinski definition) is 2. The van der Waals surface area contributed by atoms with E-state index in [0.29, 0.717) is 10.6 Å². The number of quaternary nitrogens is 1. The number of aliphatic hydroxyl groups is 1. The smallest absolute Gasteiger partial charge is 0.169 e. The first kappa shape index (κ1) is 19.0. The standard InChI is InChI=1S/C23H21ClN4O2/c24-16-7-5-15(6-8-16)18-11-19(29)20(23(30)22(18)28-13-25-12-27-28)21-17-4-2-1-3-14(17)9-10-26-21/h1-8,12-13,18,21-22,26,30H,9-11H2/p+1/t18-,21-,22-/m1/s1. The first-order chi connectivity index (χ1) is 14.6. The number of nitrogens with zero attached hydrogens (tertiary/aromatic N) is 3. The number of hydrogen-bond acceptors (Lipinski definition) is 4. The monoisotopic (exact) mass is 421 g/mol. The molecule has 0 spiro atoms. The molecule has 0 bridgehead atoms.